The molecular formula is C9H6BrNO. The van der Waals surface area contributed by atoms with E-state index in [0.717, 1.165) is 10.7 Å². The van der Waals surface area contributed by atoms with Crippen molar-refractivity contribution in [1.82, 2.24) is 0 Å². The SMILES string of the molecule is N#C/C(=C\O)c1ccc(Br)cc1. The second-order valence-electron chi connectivity index (χ2n) is 2.16. The number of nitrogens with zero attached hydrogens (tertiary/aromatic N) is 1. The van der Waals surface area contributed by atoms with Crippen molar-refractivity contribution in [3.63, 3.8) is 0 Å². The van der Waals surface area contributed by atoms with Gasteiger partial charge in [-0.3, -0.25) is 0 Å². The van der Waals surface area contributed by atoms with Crippen molar-refractivity contribution in [2.24, 2.45) is 0 Å². The van der Waals surface area contributed by atoms with Gasteiger partial charge in [-0.2, -0.15) is 5.26 Å². The van der Waals surface area contributed by atoms with Crippen LogP contribution in [0.3, 0.4) is 0 Å². The molecule has 0 heterocycles. The highest BCUT2D eigenvalue weighted by Gasteiger charge is 1.98. The minimum atomic E-state index is 0.266. The van der Waals surface area contributed by atoms with Gasteiger partial charge in [0.1, 0.15) is 6.07 Å². The largest absolute Gasteiger partial charge is 0.514 e. The molecule has 0 saturated heterocycles. The van der Waals surface area contributed by atoms with Crippen LogP contribution in [0.25, 0.3) is 5.57 Å². The fraction of sp³-hybridized carbons (Fsp3) is 0. The van der Waals surface area contributed by atoms with Crippen LogP contribution in [-0.4, -0.2) is 5.11 Å². The summed E-state index contributed by atoms with van der Waals surface area (Å²) in [6, 6.07) is 9.03. The van der Waals surface area contributed by atoms with Crippen LogP contribution in [0.5, 0.6) is 0 Å². The number of hydrogen-bond donors (Lipinski definition) is 1. The van der Waals surface area contributed by atoms with E-state index in [2.05, 4.69) is 15.9 Å². The highest BCUT2D eigenvalue weighted by Crippen LogP contribution is 2.16. The van der Waals surface area contributed by atoms with Crippen LogP contribution < -0.4 is 0 Å². The molecule has 1 aromatic carbocycles. The van der Waals surface area contributed by atoms with Crippen LogP contribution in [0.15, 0.2) is 35.0 Å². The maximum Gasteiger partial charge on any atom is 0.103 e. The molecule has 3 heteroatoms. The lowest BCUT2D eigenvalue weighted by Crippen LogP contribution is -1.79. The molecule has 2 nitrogen and oxygen atoms in total. The first kappa shape index (κ1) is 8.82. The van der Waals surface area contributed by atoms with Gasteiger partial charge in [0.2, 0.25) is 0 Å². The molecule has 1 aromatic rings. The number of rotatable bonds is 1. The van der Waals surface area contributed by atoms with E-state index >= 15 is 0 Å². The van der Waals surface area contributed by atoms with Gasteiger partial charge >= 0.3 is 0 Å². The van der Waals surface area contributed by atoms with Crippen molar-refractivity contribution in [2.45, 2.75) is 0 Å². The maximum absolute atomic E-state index is 8.65. The summed E-state index contributed by atoms with van der Waals surface area (Å²) in [5, 5.41) is 17.2. The molecular weight excluding hydrogens is 218 g/mol. The summed E-state index contributed by atoms with van der Waals surface area (Å²) in [5.74, 6) is 0. The Labute approximate surface area is 78.9 Å². The standard InChI is InChI=1S/C9H6BrNO/c10-9-3-1-7(2-4-9)8(5-11)6-12/h1-4,6,12H/b8-6+. The highest BCUT2D eigenvalue weighted by atomic mass is 79.9. The molecule has 0 atom stereocenters. The van der Waals surface area contributed by atoms with Crippen molar-refractivity contribution >= 4 is 21.5 Å². The average Bonchev–Trinajstić information content (AvgIpc) is 2.10. The molecule has 0 radical (unpaired) electrons. The van der Waals surface area contributed by atoms with Gasteiger partial charge in [0, 0.05) is 4.47 Å². The van der Waals surface area contributed by atoms with Crippen LogP contribution in [0.4, 0.5) is 0 Å². The Morgan fingerprint density at radius 1 is 1.42 bits per heavy atom. The van der Waals surface area contributed by atoms with Crippen LogP contribution >= 0.6 is 15.9 Å². The Bertz CT molecular complexity index is 335. The zero-order valence-electron chi connectivity index (χ0n) is 6.16. The molecule has 0 aromatic heterocycles. The number of nitriles is 1. The van der Waals surface area contributed by atoms with Gasteiger partial charge in [0.25, 0.3) is 0 Å². The number of benzene rings is 1. The summed E-state index contributed by atoms with van der Waals surface area (Å²) < 4.78 is 0.946. The smallest absolute Gasteiger partial charge is 0.103 e. The van der Waals surface area contributed by atoms with Crippen molar-refractivity contribution in [1.29, 1.82) is 5.26 Å². The topological polar surface area (TPSA) is 44.0 Å². The Hall–Kier alpha value is -1.27. The molecule has 1 N–H and O–H groups in total. The normalized spacial score (nSPS) is 10.8. The molecule has 0 bridgehead atoms. The van der Waals surface area contributed by atoms with Crippen LogP contribution in [0.1, 0.15) is 5.56 Å². The van der Waals surface area contributed by atoms with E-state index in [-0.39, 0.29) is 5.57 Å². The lowest BCUT2D eigenvalue weighted by molar-refractivity contribution is 0.476. The monoisotopic (exact) mass is 223 g/mol. The second kappa shape index (κ2) is 3.93. The summed E-state index contributed by atoms with van der Waals surface area (Å²) in [4.78, 5) is 0. The predicted octanol–water partition coefficient (Wildman–Crippen LogP) is 2.87. The van der Waals surface area contributed by atoms with Crippen LogP contribution in [-0.2, 0) is 0 Å². The van der Waals surface area contributed by atoms with Crippen molar-refractivity contribution in [2.75, 3.05) is 0 Å². The number of hydrogen-bond acceptors (Lipinski definition) is 2. The Balaban J connectivity index is 3.06. The number of allylic oxidation sites excluding steroid dienone is 1. The first-order chi connectivity index (χ1) is 5.77. The van der Waals surface area contributed by atoms with Gasteiger partial charge in [-0.1, -0.05) is 28.1 Å². The minimum absolute atomic E-state index is 0.266. The highest BCUT2D eigenvalue weighted by molar-refractivity contribution is 9.10. The second-order valence-corrected chi connectivity index (χ2v) is 3.08. The maximum atomic E-state index is 8.65. The van der Waals surface area contributed by atoms with E-state index in [9.17, 15) is 0 Å². The third kappa shape index (κ3) is 1.86. The Morgan fingerprint density at radius 2 is 2.00 bits per heavy atom. The van der Waals surface area contributed by atoms with E-state index in [0.29, 0.717) is 5.56 Å². The third-order valence-corrected chi connectivity index (χ3v) is 1.93. The van der Waals surface area contributed by atoms with Crippen molar-refractivity contribution in [3.05, 3.63) is 40.6 Å². The van der Waals surface area contributed by atoms with E-state index in [1.54, 1.807) is 12.1 Å². The summed E-state index contributed by atoms with van der Waals surface area (Å²) in [6.45, 7) is 0. The molecule has 1 rings (SSSR count). The van der Waals surface area contributed by atoms with E-state index < -0.39 is 0 Å². The van der Waals surface area contributed by atoms with E-state index in [4.69, 9.17) is 10.4 Å². The molecule has 0 aliphatic heterocycles. The van der Waals surface area contributed by atoms with Gasteiger partial charge in [-0.05, 0) is 17.7 Å². The lowest BCUT2D eigenvalue weighted by atomic mass is 10.1. The quantitative estimate of drug-likeness (QED) is 0.588. The number of halogens is 1. The van der Waals surface area contributed by atoms with E-state index in [1.807, 2.05) is 18.2 Å². The third-order valence-electron chi connectivity index (χ3n) is 1.40. The molecule has 0 unspecified atom stereocenters. The van der Waals surface area contributed by atoms with Gasteiger partial charge in [-0.15, -0.1) is 0 Å². The summed E-state index contributed by atoms with van der Waals surface area (Å²) in [5.41, 5.74) is 0.978. The first-order valence-corrected chi connectivity index (χ1v) is 4.07. The lowest BCUT2D eigenvalue weighted by Gasteiger charge is -1.96. The van der Waals surface area contributed by atoms with Gasteiger partial charge in [0.05, 0.1) is 11.8 Å². The van der Waals surface area contributed by atoms with Gasteiger partial charge < -0.3 is 5.11 Å². The molecule has 0 amide bonds. The van der Waals surface area contributed by atoms with Crippen LogP contribution in [0.2, 0.25) is 0 Å². The Morgan fingerprint density at radius 3 is 2.42 bits per heavy atom. The zero-order valence-corrected chi connectivity index (χ0v) is 7.75. The molecule has 0 aliphatic rings. The number of aliphatic hydroxyl groups is 1. The summed E-state index contributed by atoms with van der Waals surface area (Å²) >= 11 is 3.27. The molecule has 0 fully saturated rings. The minimum Gasteiger partial charge on any atom is -0.514 e. The fourth-order valence-electron chi connectivity index (χ4n) is 0.797. The van der Waals surface area contributed by atoms with Gasteiger partial charge in [0.15, 0.2) is 0 Å². The average molecular weight is 224 g/mol. The first-order valence-electron chi connectivity index (χ1n) is 3.28. The van der Waals surface area contributed by atoms with E-state index in [1.165, 1.54) is 0 Å². The molecule has 0 spiro atoms. The summed E-state index contributed by atoms with van der Waals surface area (Å²) in [6.07, 6.45) is 0.809. The molecule has 12 heavy (non-hydrogen) atoms. The van der Waals surface area contributed by atoms with Crippen LogP contribution in [0, 0.1) is 11.3 Å². The predicted molar refractivity (Wildman–Crippen MR) is 50.4 cm³/mol. The molecule has 0 saturated carbocycles. The van der Waals surface area contributed by atoms with Crippen molar-refractivity contribution in [3.8, 4) is 6.07 Å². The fourth-order valence-corrected chi connectivity index (χ4v) is 1.06. The molecule has 60 valence electrons. The zero-order chi connectivity index (χ0) is 8.97. The van der Waals surface area contributed by atoms with Crippen molar-refractivity contribution < 1.29 is 5.11 Å². The summed E-state index contributed by atoms with van der Waals surface area (Å²) in [7, 11) is 0. The Kier molecular flexibility index (Phi) is 2.89. The number of aliphatic hydroxyl groups excluding tert-OH is 1. The molecule has 0 aliphatic carbocycles. The van der Waals surface area contributed by atoms with Gasteiger partial charge in [-0.25, -0.2) is 0 Å².